The Morgan fingerprint density at radius 3 is 2.62 bits per heavy atom. The molecule has 1 atom stereocenters. The van der Waals surface area contributed by atoms with E-state index >= 15 is 4.39 Å². The SMILES string of the molecule is [B]C(Nc1cc(Cl)c2ncc(C#N)c(NCC(C)(C)C)c2c1)(C1=CN(C2(C)CC2)NN1)c1c(F)cccc1Cl. The van der Waals surface area contributed by atoms with Gasteiger partial charge in [-0.2, -0.15) is 5.26 Å². The summed E-state index contributed by atoms with van der Waals surface area (Å²) in [5, 5.41) is 19.6. The van der Waals surface area contributed by atoms with Gasteiger partial charge < -0.3 is 16.1 Å². The van der Waals surface area contributed by atoms with Gasteiger partial charge >= 0.3 is 0 Å². The lowest BCUT2D eigenvalue weighted by Gasteiger charge is -2.35. The summed E-state index contributed by atoms with van der Waals surface area (Å²) in [5.74, 6) is -0.566. The highest BCUT2D eigenvalue weighted by molar-refractivity contribution is 6.36. The van der Waals surface area contributed by atoms with Gasteiger partial charge in [0.1, 0.15) is 19.7 Å². The molecule has 1 aliphatic heterocycles. The molecule has 2 aromatic carbocycles. The second kappa shape index (κ2) is 9.78. The van der Waals surface area contributed by atoms with Crippen LogP contribution in [0.2, 0.25) is 10.0 Å². The second-order valence-electron chi connectivity index (χ2n) is 11.6. The van der Waals surface area contributed by atoms with Gasteiger partial charge in [0.2, 0.25) is 0 Å². The summed E-state index contributed by atoms with van der Waals surface area (Å²) >= 11 is 13.2. The molecule has 1 aromatic heterocycles. The van der Waals surface area contributed by atoms with E-state index in [2.05, 4.69) is 60.3 Å². The molecule has 200 valence electrons. The molecule has 4 N–H and O–H groups in total. The first-order valence-corrected chi connectivity index (χ1v) is 13.4. The number of anilines is 2. The Hall–Kier alpha value is -3.19. The molecule has 0 saturated heterocycles. The Kier molecular flexibility index (Phi) is 6.86. The standard InChI is InChI=1S/C28H29BCl2FN7/c1-26(2,3)15-35-24-16(12-33)13-34-25-18(24)10-17(11-20(25)31)36-28(29,23-19(30)6-5-7-21(23)32)22-14-39(38-37-22)27(4)8-9-27/h5-7,10-11,13-14,36-38H,8-9,15H2,1-4H3,(H,34,35). The zero-order chi connectivity index (χ0) is 28.2. The topological polar surface area (TPSA) is 88.0 Å². The van der Waals surface area contributed by atoms with Crippen LogP contribution in [0.5, 0.6) is 0 Å². The Morgan fingerprint density at radius 1 is 1.23 bits per heavy atom. The maximum atomic E-state index is 15.4. The molecule has 39 heavy (non-hydrogen) atoms. The van der Waals surface area contributed by atoms with Gasteiger partial charge in [-0.15, -0.1) is 5.53 Å². The normalized spacial score (nSPS) is 17.7. The van der Waals surface area contributed by atoms with E-state index in [-0.39, 0.29) is 21.5 Å². The highest BCUT2D eigenvalue weighted by Gasteiger charge is 2.46. The number of hydrogen-bond acceptors (Lipinski definition) is 7. The molecule has 1 fully saturated rings. The van der Waals surface area contributed by atoms with E-state index in [9.17, 15) is 5.26 Å². The van der Waals surface area contributed by atoms with Gasteiger partial charge in [-0.1, -0.05) is 50.0 Å². The molecule has 2 aliphatic rings. The van der Waals surface area contributed by atoms with Crippen molar-refractivity contribution in [3.05, 3.63) is 75.4 Å². The van der Waals surface area contributed by atoms with Crippen molar-refractivity contribution in [1.82, 2.24) is 21.0 Å². The van der Waals surface area contributed by atoms with E-state index in [1.807, 2.05) is 11.2 Å². The number of benzene rings is 2. The third kappa shape index (κ3) is 5.21. The number of fused-ring (bicyclic) bond motifs is 1. The minimum Gasteiger partial charge on any atom is -0.383 e. The van der Waals surface area contributed by atoms with Crippen molar-refractivity contribution in [3.8, 4) is 6.07 Å². The number of nitrogens with one attached hydrogen (secondary N) is 4. The van der Waals surface area contributed by atoms with Crippen LogP contribution in [0.25, 0.3) is 10.9 Å². The quantitative estimate of drug-likeness (QED) is 0.256. The number of pyridine rings is 1. The predicted octanol–water partition coefficient (Wildman–Crippen LogP) is 6.16. The van der Waals surface area contributed by atoms with Gasteiger partial charge in [0.15, 0.2) is 0 Å². The summed E-state index contributed by atoms with van der Waals surface area (Å²) in [5.41, 5.74) is 7.06. The van der Waals surface area contributed by atoms with Crippen LogP contribution >= 0.6 is 23.2 Å². The molecular weight excluding hydrogens is 535 g/mol. The van der Waals surface area contributed by atoms with Crippen molar-refractivity contribution in [1.29, 1.82) is 5.26 Å². The third-order valence-corrected chi connectivity index (χ3v) is 7.69. The summed E-state index contributed by atoms with van der Waals surface area (Å²) < 4.78 is 15.4. The monoisotopic (exact) mass is 563 g/mol. The molecule has 2 heterocycles. The fourth-order valence-electron chi connectivity index (χ4n) is 4.55. The van der Waals surface area contributed by atoms with Crippen molar-refractivity contribution in [2.45, 2.75) is 51.5 Å². The summed E-state index contributed by atoms with van der Waals surface area (Å²) in [6, 6.07) is 10.1. The molecule has 2 radical (unpaired) electrons. The van der Waals surface area contributed by atoms with E-state index in [0.717, 1.165) is 12.8 Å². The molecule has 1 unspecified atom stereocenters. The van der Waals surface area contributed by atoms with Crippen LogP contribution < -0.4 is 21.6 Å². The Morgan fingerprint density at radius 2 is 1.97 bits per heavy atom. The number of nitrogens with zero attached hydrogens (tertiary/aromatic N) is 3. The van der Waals surface area contributed by atoms with Crippen LogP contribution in [0, 0.1) is 22.6 Å². The smallest absolute Gasteiger partial charge is 0.129 e. The number of hydrazine groups is 2. The summed E-state index contributed by atoms with van der Waals surface area (Å²) in [6.45, 7) is 9.02. The average molecular weight is 564 g/mol. The highest BCUT2D eigenvalue weighted by atomic mass is 35.5. The zero-order valence-corrected chi connectivity index (χ0v) is 23.7. The lowest BCUT2D eigenvalue weighted by molar-refractivity contribution is 0.190. The van der Waals surface area contributed by atoms with E-state index in [4.69, 9.17) is 31.0 Å². The van der Waals surface area contributed by atoms with Gasteiger partial charge in [0.05, 0.1) is 38.5 Å². The number of nitriles is 1. The van der Waals surface area contributed by atoms with Crippen LogP contribution in [-0.4, -0.2) is 29.9 Å². The molecule has 0 bridgehead atoms. The van der Waals surface area contributed by atoms with Crippen LogP contribution in [0.15, 0.2) is 48.4 Å². The van der Waals surface area contributed by atoms with E-state index in [0.29, 0.717) is 45.1 Å². The van der Waals surface area contributed by atoms with Crippen molar-refractivity contribution >= 4 is 53.3 Å². The summed E-state index contributed by atoms with van der Waals surface area (Å²) in [6.07, 6.45) is 5.35. The van der Waals surface area contributed by atoms with E-state index < -0.39 is 11.3 Å². The van der Waals surface area contributed by atoms with Crippen LogP contribution in [0.1, 0.15) is 51.7 Å². The third-order valence-electron chi connectivity index (χ3n) is 7.09. The molecule has 3 aromatic rings. The number of halogens is 3. The van der Waals surface area contributed by atoms with Crippen molar-refractivity contribution < 1.29 is 4.39 Å². The molecular formula is C28H29BCl2FN7. The highest BCUT2D eigenvalue weighted by Crippen LogP contribution is 2.44. The van der Waals surface area contributed by atoms with Gasteiger partial charge in [-0.25, -0.2) is 4.39 Å². The first kappa shape index (κ1) is 27.4. The largest absolute Gasteiger partial charge is 0.383 e. The second-order valence-corrected chi connectivity index (χ2v) is 12.4. The summed E-state index contributed by atoms with van der Waals surface area (Å²) in [7, 11) is 7.03. The number of aromatic nitrogens is 1. The van der Waals surface area contributed by atoms with Gasteiger partial charge in [-0.05, 0) is 49.4 Å². The summed E-state index contributed by atoms with van der Waals surface area (Å²) in [4.78, 5) is 4.43. The van der Waals surface area contributed by atoms with Crippen LogP contribution in [0.4, 0.5) is 15.8 Å². The zero-order valence-electron chi connectivity index (χ0n) is 22.2. The molecule has 7 nitrogen and oxygen atoms in total. The van der Waals surface area contributed by atoms with Gasteiger partial charge in [0, 0.05) is 40.6 Å². The van der Waals surface area contributed by atoms with Crippen molar-refractivity contribution in [2.24, 2.45) is 5.41 Å². The average Bonchev–Trinajstić information content (AvgIpc) is 3.39. The molecule has 0 spiro atoms. The van der Waals surface area contributed by atoms with Crippen molar-refractivity contribution in [2.75, 3.05) is 17.2 Å². The minimum absolute atomic E-state index is 0.0480. The van der Waals surface area contributed by atoms with Crippen LogP contribution in [0.3, 0.4) is 0 Å². The first-order valence-electron chi connectivity index (χ1n) is 12.7. The molecule has 5 rings (SSSR count). The Balaban J connectivity index is 1.64. The Bertz CT molecular complexity index is 1510. The number of hydrogen-bond donors (Lipinski definition) is 4. The number of rotatable bonds is 7. The maximum absolute atomic E-state index is 15.4. The minimum atomic E-state index is -1.62. The fraction of sp³-hybridized carbons (Fsp3) is 0.357. The molecule has 0 amide bonds. The molecule has 1 aliphatic carbocycles. The molecule has 11 heteroatoms. The maximum Gasteiger partial charge on any atom is 0.129 e. The Labute approximate surface area is 239 Å². The lowest BCUT2D eigenvalue weighted by Crippen LogP contribution is -2.47. The van der Waals surface area contributed by atoms with Gasteiger partial charge in [-0.3, -0.25) is 9.99 Å². The van der Waals surface area contributed by atoms with Gasteiger partial charge in [0.25, 0.3) is 0 Å². The molecule has 1 saturated carbocycles. The van der Waals surface area contributed by atoms with Crippen LogP contribution in [-0.2, 0) is 5.44 Å². The predicted molar refractivity (Wildman–Crippen MR) is 156 cm³/mol. The fourth-order valence-corrected chi connectivity index (χ4v) is 5.13. The lowest BCUT2D eigenvalue weighted by atomic mass is 9.69. The van der Waals surface area contributed by atoms with E-state index in [1.165, 1.54) is 18.3 Å². The first-order chi connectivity index (χ1) is 18.3. The van der Waals surface area contributed by atoms with Crippen molar-refractivity contribution in [3.63, 3.8) is 0 Å². The van der Waals surface area contributed by atoms with E-state index in [1.54, 1.807) is 18.2 Å².